The van der Waals surface area contributed by atoms with E-state index in [2.05, 4.69) is 30.7 Å². The number of thiophene rings is 1. The van der Waals surface area contributed by atoms with E-state index in [0.717, 1.165) is 60.8 Å². The molecule has 2 fully saturated rings. The molecule has 0 bridgehead atoms. The second kappa shape index (κ2) is 10.0. The van der Waals surface area contributed by atoms with Crippen LogP contribution in [0.2, 0.25) is 0 Å². The molecule has 0 saturated carbocycles. The molecule has 1 atom stereocenters. The minimum atomic E-state index is 0.139. The highest BCUT2D eigenvalue weighted by molar-refractivity contribution is 7.99. The standard InChI is InChI=1S/C22H26N6O2S2/c29-20(27-11-9-26(10-12-27)19-7-1-2-8-23-19)16-32-22-25-24-21(18-6-4-14-31-18)28(22)15-17-5-3-13-30-17/h1-2,4,6-8,14,17H,3,5,9-13,15-16H2. The van der Waals surface area contributed by atoms with Crippen molar-refractivity contribution in [3.8, 4) is 10.7 Å². The van der Waals surface area contributed by atoms with Crippen molar-refractivity contribution in [2.24, 2.45) is 0 Å². The lowest BCUT2D eigenvalue weighted by molar-refractivity contribution is -0.128. The zero-order valence-electron chi connectivity index (χ0n) is 17.8. The lowest BCUT2D eigenvalue weighted by atomic mass is 10.2. The molecule has 10 heteroatoms. The van der Waals surface area contributed by atoms with Crippen LogP contribution in [-0.4, -0.2) is 75.2 Å². The van der Waals surface area contributed by atoms with Crippen molar-refractivity contribution in [1.82, 2.24) is 24.6 Å². The van der Waals surface area contributed by atoms with Gasteiger partial charge in [0.1, 0.15) is 5.82 Å². The summed E-state index contributed by atoms with van der Waals surface area (Å²) in [4.78, 5) is 22.6. The van der Waals surface area contributed by atoms with Crippen LogP contribution in [0.3, 0.4) is 0 Å². The molecule has 1 amide bonds. The lowest BCUT2D eigenvalue weighted by Crippen LogP contribution is -2.49. The zero-order chi connectivity index (χ0) is 21.8. The Bertz CT molecular complexity index is 1010. The Kier molecular flexibility index (Phi) is 6.70. The summed E-state index contributed by atoms with van der Waals surface area (Å²) >= 11 is 3.12. The van der Waals surface area contributed by atoms with Gasteiger partial charge in [-0.15, -0.1) is 21.5 Å². The largest absolute Gasteiger partial charge is 0.376 e. The molecule has 0 spiro atoms. The van der Waals surface area contributed by atoms with Gasteiger partial charge in [-0.05, 0) is 36.4 Å². The summed E-state index contributed by atoms with van der Waals surface area (Å²) in [7, 11) is 0. The molecule has 3 aromatic rings. The Hall–Kier alpha value is -2.43. The summed E-state index contributed by atoms with van der Waals surface area (Å²) in [6, 6.07) is 10.0. The van der Waals surface area contributed by atoms with E-state index in [4.69, 9.17) is 4.74 Å². The number of piperazine rings is 1. The lowest BCUT2D eigenvalue weighted by Gasteiger charge is -2.35. The number of nitrogens with zero attached hydrogens (tertiary/aromatic N) is 6. The first-order valence-corrected chi connectivity index (χ1v) is 12.8. The summed E-state index contributed by atoms with van der Waals surface area (Å²) in [5, 5.41) is 11.7. The molecule has 2 aliphatic heterocycles. The molecule has 0 N–H and O–H groups in total. The molecule has 32 heavy (non-hydrogen) atoms. The van der Waals surface area contributed by atoms with Gasteiger partial charge in [0, 0.05) is 39.0 Å². The van der Waals surface area contributed by atoms with Gasteiger partial charge in [-0.1, -0.05) is 23.9 Å². The van der Waals surface area contributed by atoms with Crippen molar-refractivity contribution in [1.29, 1.82) is 0 Å². The molecule has 8 nitrogen and oxygen atoms in total. The van der Waals surface area contributed by atoms with Gasteiger partial charge in [0.05, 0.1) is 23.3 Å². The number of amides is 1. The van der Waals surface area contributed by atoms with Crippen molar-refractivity contribution >= 4 is 34.8 Å². The van der Waals surface area contributed by atoms with Crippen LogP contribution >= 0.6 is 23.1 Å². The summed E-state index contributed by atoms with van der Waals surface area (Å²) in [6.07, 6.45) is 4.12. The minimum absolute atomic E-state index is 0.139. The van der Waals surface area contributed by atoms with Gasteiger partial charge in [0.2, 0.25) is 5.91 Å². The van der Waals surface area contributed by atoms with Crippen LogP contribution < -0.4 is 4.90 Å². The first-order chi connectivity index (χ1) is 15.8. The number of aromatic nitrogens is 4. The molecule has 168 valence electrons. The Labute approximate surface area is 195 Å². The SMILES string of the molecule is O=C(CSc1nnc(-c2cccs2)n1CC1CCCO1)N1CCN(c2ccccn2)CC1. The zero-order valence-corrected chi connectivity index (χ0v) is 19.4. The normalized spacial score (nSPS) is 18.9. The maximum Gasteiger partial charge on any atom is 0.233 e. The summed E-state index contributed by atoms with van der Waals surface area (Å²) < 4.78 is 7.98. The number of carbonyl (C=O) groups is 1. The summed E-state index contributed by atoms with van der Waals surface area (Å²) in [6.45, 7) is 4.54. The maximum atomic E-state index is 12.9. The fraction of sp³-hybridized carbons (Fsp3) is 0.455. The van der Waals surface area contributed by atoms with E-state index in [9.17, 15) is 4.79 Å². The predicted octanol–water partition coefficient (Wildman–Crippen LogP) is 3.02. The van der Waals surface area contributed by atoms with Gasteiger partial charge in [0.25, 0.3) is 0 Å². The number of anilines is 1. The number of thioether (sulfide) groups is 1. The predicted molar refractivity (Wildman–Crippen MR) is 126 cm³/mol. The molecule has 3 aromatic heterocycles. The highest BCUT2D eigenvalue weighted by Gasteiger charge is 2.25. The molecule has 0 aromatic carbocycles. The van der Waals surface area contributed by atoms with Crippen molar-refractivity contribution in [2.45, 2.75) is 30.6 Å². The second-order valence-corrected chi connectivity index (χ2v) is 9.76. The Balaban J connectivity index is 1.21. The van der Waals surface area contributed by atoms with Crippen LogP contribution in [0, 0.1) is 0 Å². The van der Waals surface area contributed by atoms with Crippen molar-refractivity contribution in [2.75, 3.05) is 43.4 Å². The average Bonchev–Trinajstić information content (AvgIpc) is 3.61. The van der Waals surface area contributed by atoms with E-state index < -0.39 is 0 Å². The molecule has 5 rings (SSSR count). The number of rotatable bonds is 7. The Morgan fingerprint density at radius 1 is 1.16 bits per heavy atom. The maximum absolute atomic E-state index is 12.9. The van der Waals surface area contributed by atoms with E-state index in [0.29, 0.717) is 18.8 Å². The van der Waals surface area contributed by atoms with Gasteiger partial charge in [0.15, 0.2) is 11.0 Å². The molecule has 0 radical (unpaired) electrons. The molecular weight excluding hydrogens is 444 g/mol. The quantitative estimate of drug-likeness (QED) is 0.491. The van der Waals surface area contributed by atoms with Crippen LogP contribution in [0.15, 0.2) is 47.1 Å². The molecule has 2 saturated heterocycles. The number of carbonyl (C=O) groups excluding carboxylic acids is 1. The summed E-state index contributed by atoms with van der Waals surface area (Å²) in [5.41, 5.74) is 0. The third-order valence-electron chi connectivity index (χ3n) is 5.80. The van der Waals surface area contributed by atoms with E-state index >= 15 is 0 Å². The third kappa shape index (κ3) is 4.82. The van der Waals surface area contributed by atoms with Gasteiger partial charge in [-0.2, -0.15) is 0 Å². The van der Waals surface area contributed by atoms with Crippen LogP contribution in [-0.2, 0) is 16.1 Å². The molecule has 1 unspecified atom stereocenters. The van der Waals surface area contributed by atoms with Gasteiger partial charge >= 0.3 is 0 Å². The third-order valence-corrected chi connectivity index (χ3v) is 7.62. The first kappa shape index (κ1) is 21.4. The van der Waals surface area contributed by atoms with Crippen molar-refractivity contribution in [3.05, 3.63) is 41.9 Å². The molecule has 2 aliphatic rings. The fourth-order valence-corrected chi connectivity index (χ4v) is 5.65. The fourth-order valence-electron chi connectivity index (χ4n) is 4.08. The second-order valence-electron chi connectivity index (χ2n) is 7.87. The van der Waals surface area contributed by atoms with E-state index in [1.165, 1.54) is 11.8 Å². The number of ether oxygens (including phenoxy) is 1. The van der Waals surface area contributed by atoms with Crippen molar-refractivity contribution in [3.63, 3.8) is 0 Å². The number of hydrogen-bond acceptors (Lipinski definition) is 8. The monoisotopic (exact) mass is 470 g/mol. The van der Waals surface area contributed by atoms with Crippen LogP contribution in [0.5, 0.6) is 0 Å². The minimum Gasteiger partial charge on any atom is -0.376 e. The summed E-state index contributed by atoms with van der Waals surface area (Å²) in [5.74, 6) is 2.32. The van der Waals surface area contributed by atoms with Crippen LogP contribution in [0.4, 0.5) is 5.82 Å². The smallest absolute Gasteiger partial charge is 0.233 e. The van der Waals surface area contributed by atoms with Gasteiger partial charge < -0.3 is 14.5 Å². The molecule has 0 aliphatic carbocycles. The highest BCUT2D eigenvalue weighted by atomic mass is 32.2. The highest BCUT2D eigenvalue weighted by Crippen LogP contribution is 2.29. The average molecular weight is 471 g/mol. The van der Waals surface area contributed by atoms with Gasteiger partial charge in [-0.25, -0.2) is 4.98 Å². The molecule has 5 heterocycles. The van der Waals surface area contributed by atoms with Gasteiger partial charge in [-0.3, -0.25) is 9.36 Å². The number of hydrogen-bond donors (Lipinski definition) is 0. The topological polar surface area (TPSA) is 76.4 Å². The Morgan fingerprint density at radius 3 is 2.78 bits per heavy atom. The number of pyridine rings is 1. The van der Waals surface area contributed by atoms with Crippen LogP contribution in [0.25, 0.3) is 10.7 Å². The first-order valence-electron chi connectivity index (χ1n) is 10.9. The van der Waals surface area contributed by atoms with E-state index in [1.54, 1.807) is 17.5 Å². The molecular formula is C22H26N6O2S2. The van der Waals surface area contributed by atoms with E-state index in [-0.39, 0.29) is 12.0 Å². The van der Waals surface area contributed by atoms with Crippen LogP contribution in [0.1, 0.15) is 12.8 Å². The van der Waals surface area contributed by atoms with E-state index in [1.807, 2.05) is 34.5 Å². The Morgan fingerprint density at radius 2 is 2.06 bits per heavy atom. The van der Waals surface area contributed by atoms with Crippen molar-refractivity contribution < 1.29 is 9.53 Å².